The van der Waals surface area contributed by atoms with Crippen molar-refractivity contribution in [3.05, 3.63) is 158 Å². The Morgan fingerprint density at radius 3 is 1.75 bits per heavy atom. The Hall–Kier alpha value is -6.24. The van der Waals surface area contributed by atoms with E-state index in [9.17, 15) is 0 Å². The minimum atomic E-state index is 0.767. The van der Waals surface area contributed by atoms with Gasteiger partial charge in [-0.1, -0.05) is 72.8 Å². The van der Waals surface area contributed by atoms with Crippen molar-refractivity contribution >= 4 is 60.6 Å². The molecular weight excluding hydrogens is 609 g/mol. The van der Waals surface area contributed by atoms with Crippen LogP contribution in [0.5, 0.6) is 11.5 Å². The number of anilines is 3. The molecule has 0 atom stereocenters. The molecule has 10 rings (SSSR count). The third-order valence-electron chi connectivity index (χ3n) is 9.09. The number of pyridine rings is 1. The van der Waals surface area contributed by atoms with Crippen LogP contribution in [0.2, 0.25) is 0 Å². The summed E-state index contributed by atoms with van der Waals surface area (Å²) in [5.41, 5.74) is 10.7. The summed E-state index contributed by atoms with van der Waals surface area (Å²) in [7, 11) is 0. The van der Waals surface area contributed by atoms with E-state index < -0.39 is 0 Å². The molecule has 5 nitrogen and oxygen atoms in total. The Morgan fingerprint density at radius 2 is 1.08 bits per heavy atom. The summed E-state index contributed by atoms with van der Waals surface area (Å²) >= 11 is 1.68. The molecular formula is C42H26N4OS. The highest BCUT2D eigenvalue weighted by atomic mass is 32.1. The molecule has 4 heterocycles. The zero-order chi connectivity index (χ0) is 31.6. The highest BCUT2D eigenvalue weighted by molar-refractivity contribution is 7.21. The van der Waals surface area contributed by atoms with Crippen LogP contribution in [0.25, 0.3) is 59.5 Å². The van der Waals surface area contributed by atoms with Crippen LogP contribution < -0.4 is 9.64 Å². The third kappa shape index (κ3) is 4.24. The van der Waals surface area contributed by atoms with Crippen molar-refractivity contribution in [1.29, 1.82) is 0 Å². The molecule has 0 amide bonds. The molecule has 0 saturated heterocycles. The molecule has 0 aliphatic carbocycles. The number of benzene rings is 6. The summed E-state index contributed by atoms with van der Waals surface area (Å²) in [6.45, 7) is 0. The van der Waals surface area contributed by atoms with Crippen molar-refractivity contribution in [2.45, 2.75) is 0 Å². The summed E-state index contributed by atoms with van der Waals surface area (Å²) in [4.78, 5) is 11.9. The normalized spacial score (nSPS) is 12.3. The number of thiazole rings is 1. The van der Waals surface area contributed by atoms with Gasteiger partial charge in [0.15, 0.2) is 17.1 Å². The first-order chi connectivity index (χ1) is 23.8. The van der Waals surface area contributed by atoms with E-state index in [0.29, 0.717) is 0 Å². The smallest absolute Gasteiger partial charge is 0.170 e. The zero-order valence-corrected chi connectivity index (χ0v) is 26.4. The minimum Gasteiger partial charge on any atom is -0.453 e. The molecule has 0 spiro atoms. The first kappa shape index (κ1) is 26.9. The van der Waals surface area contributed by atoms with Gasteiger partial charge in [0.1, 0.15) is 5.01 Å². The second-order valence-electron chi connectivity index (χ2n) is 11.9. The largest absolute Gasteiger partial charge is 0.453 e. The van der Waals surface area contributed by atoms with Crippen LogP contribution in [0.15, 0.2) is 158 Å². The van der Waals surface area contributed by atoms with Crippen LogP contribution in [0.4, 0.5) is 17.1 Å². The van der Waals surface area contributed by atoms with Gasteiger partial charge >= 0.3 is 0 Å². The zero-order valence-electron chi connectivity index (χ0n) is 25.6. The van der Waals surface area contributed by atoms with Crippen molar-refractivity contribution in [3.8, 4) is 38.9 Å². The van der Waals surface area contributed by atoms with Crippen LogP contribution in [-0.4, -0.2) is 14.5 Å². The van der Waals surface area contributed by atoms with Gasteiger partial charge in [-0.2, -0.15) is 0 Å². The molecule has 226 valence electrons. The van der Waals surface area contributed by atoms with Crippen LogP contribution in [0, 0.1) is 0 Å². The van der Waals surface area contributed by atoms with Crippen LogP contribution in [0.3, 0.4) is 0 Å². The summed E-state index contributed by atoms with van der Waals surface area (Å²) in [6.07, 6.45) is 1.92. The van der Waals surface area contributed by atoms with E-state index in [1.54, 1.807) is 11.3 Å². The Kier molecular flexibility index (Phi) is 5.98. The van der Waals surface area contributed by atoms with E-state index in [1.165, 1.54) is 21.8 Å². The number of aromatic nitrogens is 3. The first-order valence-corrected chi connectivity index (χ1v) is 16.7. The molecule has 6 heteroatoms. The second kappa shape index (κ2) is 10.7. The number of nitrogens with zero attached hydrogens (tertiary/aromatic N) is 4. The Bertz CT molecular complexity index is 2560. The van der Waals surface area contributed by atoms with E-state index >= 15 is 0 Å². The predicted molar refractivity (Wildman–Crippen MR) is 197 cm³/mol. The van der Waals surface area contributed by atoms with Gasteiger partial charge < -0.3 is 14.2 Å². The van der Waals surface area contributed by atoms with Crippen molar-refractivity contribution in [2.24, 2.45) is 0 Å². The Morgan fingerprint density at radius 1 is 0.521 bits per heavy atom. The molecule has 0 saturated carbocycles. The topological polar surface area (TPSA) is 43.2 Å². The van der Waals surface area contributed by atoms with Crippen molar-refractivity contribution in [3.63, 3.8) is 0 Å². The number of fused-ring (bicyclic) bond motifs is 6. The fraction of sp³-hybridized carbons (Fsp3) is 0. The van der Waals surface area contributed by atoms with Crippen molar-refractivity contribution < 1.29 is 4.74 Å². The van der Waals surface area contributed by atoms with E-state index in [0.717, 1.165) is 66.3 Å². The maximum absolute atomic E-state index is 6.19. The molecule has 48 heavy (non-hydrogen) atoms. The molecule has 1 aliphatic rings. The van der Waals surface area contributed by atoms with Gasteiger partial charge in [-0.15, -0.1) is 11.3 Å². The van der Waals surface area contributed by atoms with Gasteiger partial charge in [0.05, 0.1) is 27.1 Å². The Labute approximate surface area is 280 Å². The molecule has 0 bridgehead atoms. The fourth-order valence-electron chi connectivity index (χ4n) is 6.84. The monoisotopic (exact) mass is 634 g/mol. The van der Waals surface area contributed by atoms with Crippen LogP contribution in [-0.2, 0) is 0 Å². The Balaban J connectivity index is 0.963. The predicted octanol–water partition coefficient (Wildman–Crippen LogP) is 11.7. The summed E-state index contributed by atoms with van der Waals surface area (Å²) in [5, 5.41) is 3.48. The van der Waals surface area contributed by atoms with Gasteiger partial charge in [0.2, 0.25) is 0 Å². The van der Waals surface area contributed by atoms with E-state index in [-0.39, 0.29) is 0 Å². The van der Waals surface area contributed by atoms with Gasteiger partial charge in [0, 0.05) is 39.5 Å². The third-order valence-corrected chi connectivity index (χ3v) is 10.1. The lowest BCUT2D eigenvalue weighted by molar-refractivity contribution is 0.477. The lowest BCUT2D eigenvalue weighted by Crippen LogP contribution is -2.15. The minimum absolute atomic E-state index is 0.767. The van der Waals surface area contributed by atoms with Gasteiger partial charge in [-0.25, -0.2) is 9.97 Å². The quantitative estimate of drug-likeness (QED) is 0.193. The molecule has 6 aromatic carbocycles. The number of hydrogen-bond donors (Lipinski definition) is 0. The molecule has 1 aliphatic heterocycles. The average molecular weight is 635 g/mol. The van der Waals surface area contributed by atoms with E-state index in [4.69, 9.17) is 14.7 Å². The summed E-state index contributed by atoms with van der Waals surface area (Å²) < 4.78 is 9.59. The molecule has 9 aromatic rings. The van der Waals surface area contributed by atoms with Crippen molar-refractivity contribution in [1.82, 2.24) is 14.5 Å². The SMILES string of the molecule is c1ccc2c(c1)Oc1ccccc1N2c1ccc(-c2cnc3nc(-c4ccc(-n5c6ccccc6c6ccccc65)cc4)sc3c2)cc1. The lowest BCUT2D eigenvalue weighted by atomic mass is 10.1. The molecule has 0 N–H and O–H groups in total. The molecule has 0 fully saturated rings. The van der Waals surface area contributed by atoms with E-state index in [2.05, 4.69) is 125 Å². The summed E-state index contributed by atoms with van der Waals surface area (Å²) in [6, 6.07) is 53.0. The van der Waals surface area contributed by atoms with Gasteiger partial charge in [-0.3, -0.25) is 0 Å². The van der Waals surface area contributed by atoms with Gasteiger partial charge in [-0.05, 0) is 84.4 Å². The van der Waals surface area contributed by atoms with E-state index in [1.807, 2.05) is 42.6 Å². The molecule has 3 aromatic heterocycles. The lowest BCUT2D eigenvalue weighted by Gasteiger charge is -2.32. The number of hydrogen-bond acceptors (Lipinski definition) is 5. The second-order valence-corrected chi connectivity index (χ2v) is 12.9. The number of para-hydroxylation sites is 6. The fourth-order valence-corrected chi connectivity index (χ4v) is 7.81. The maximum atomic E-state index is 6.19. The highest BCUT2D eigenvalue weighted by Crippen LogP contribution is 2.50. The number of rotatable bonds is 4. The van der Waals surface area contributed by atoms with Gasteiger partial charge in [0.25, 0.3) is 0 Å². The average Bonchev–Trinajstić information content (AvgIpc) is 3.73. The number of ether oxygens (including phenoxy) is 1. The molecule has 0 unspecified atom stereocenters. The van der Waals surface area contributed by atoms with Crippen LogP contribution in [0.1, 0.15) is 0 Å². The van der Waals surface area contributed by atoms with Crippen molar-refractivity contribution in [2.75, 3.05) is 4.90 Å². The standard InChI is InChI=1S/C42H26N4OS/c1-3-11-34-32(9-1)33-10-2-4-12-35(33)45(34)30-23-19-28(20-24-30)42-44-41-40(48-42)25-29(26-43-41)27-17-21-31(22-18-27)46-36-13-5-7-15-38(36)47-39-16-8-6-14-37(39)46/h1-26H. The van der Waals surface area contributed by atoms with Crippen LogP contribution >= 0.6 is 11.3 Å². The first-order valence-electron chi connectivity index (χ1n) is 15.9. The maximum Gasteiger partial charge on any atom is 0.170 e. The summed E-state index contributed by atoms with van der Waals surface area (Å²) in [5.74, 6) is 1.69. The highest BCUT2D eigenvalue weighted by Gasteiger charge is 2.25. The molecule has 0 radical (unpaired) electrons.